The SMILES string of the molecule is Cc1cccc2[se]n(CCCCCCn3[se]c4cccc(C)c4c3=O)c(=O)c12. The van der Waals surface area contributed by atoms with E-state index in [1.807, 2.05) is 45.2 Å². The van der Waals surface area contributed by atoms with Crippen LogP contribution >= 0.6 is 0 Å². The fraction of sp³-hybridized carbons (Fsp3) is 0.364. The molecule has 0 fully saturated rings. The number of hydrogen-bond acceptors (Lipinski definition) is 2. The average Bonchev–Trinajstić information content (AvgIpc) is 3.17. The van der Waals surface area contributed by atoms with Crippen LogP contribution in [0.15, 0.2) is 46.0 Å². The number of benzene rings is 2. The average molecular weight is 506 g/mol. The van der Waals surface area contributed by atoms with E-state index in [0.29, 0.717) is 0 Å². The molecule has 6 heteroatoms. The Morgan fingerprint density at radius 3 is 1.50 bits per heavy atom. The minimum atomic E-state index is 0.132. The van der Waals surface area contributed by atoms with Gasteiger partial charge in [0.15, 0.2) is 0 Å². The molecular formula is C22H24N2O2Se2. The maximum atomic E-state index is 12.6. The number of aryl methyl sites for hydroxylation is 4. The van der Waals surface area contributed by atoms with Crippen molar-refractivity contribution in [2.75, 3.05) is 0 Å². The van der Waals surface area contributed by atoms with Crippen molar-refractivity contribution in [1.29, 1.82) is 0 Å². The first kappa shape index (κ1) is 19.7. The summed E-state index contributed by atoms with van der Waals surface area (Å²) in [6.07, 6.45) is 4.30. The van der Waals surface area contributed by atoms with Crippen molar-refractivity contribution >= 4 is 48.8 Å². The van der Waals surface area contributed by atoms with Crippen LogP contribution < -0.4 is 11.1 Å². The first-order chi connectivity index (χ1) is 13.6. The molecule has 0 aliphatic carbocycles. The molecule has 0 aliphatic heterocycles. The molecule has 2 aromatic carbocycles. The fourth-order valence-corrected chi connectivity index (χ4v) is 8.37. The van der Waals surface area contributed by atoms with E-state index in [4.69, 9.17) is 0 Å². The van der Waals surface area contributed by atoms with Crippen molar-refractivity contribution in [1.82, 2.24) is 7.12 Å². The normalized spacial score (nSPS) is 11.6. The Hall–Kier alpha value is -1.58. The van der Waals surface area contributed by atoms with E-state index in [2.05, 4.69) is 12.1 Å². The number of fused-ring (bicyclic) bond motifs is 2. The van der Waals surface area contributed by atoms with Gasteiger partial charge in [-0.05, 0) is 0 Å². The maximum absolute atomic E-state index is 12.6. The minimum absolute atomic E-state index is 0.132. The molecule has 0 unspecified atom stereocenters. The molecule has 0 spiro atoms. The Kier molecular flexibility index (Phi) is 5.93. The van der Waals surface area contributed by atoms with E-state index in [9.17, 15) is 9.59 Å². The van der Waals surface area contributed by atoms with Crippen LogP contribution in [0.1, 0.15) is 36.8 Å². The van der Waals surface area contributed by atoms with Crippen LogP contribution in [0.3, 0.4) is 0 Å². The van der Waals surface area contributed by atoms with Gasteiger partial charge in [-0.15, -0.1) is 0 Å². The number of aromatic nitrogens is 2. The third-order valence-electron chi connectivity index (χ3n) is 5.24. The summed E-state index contributed by atoms with van der Waals surface area (Å²) in [5.41, 5.74) is 2.62. The van der Waals surface area contributed by atoms with Crippen molar-refractivity contribution in [3.8, 4) is 0 Å². The predicted octanol–water partition coefficient (Wildman–Crippen LogP) is 3.31. The summed E-state index contributed by atoms with van der Waals surface area (Å²) in [5.74, 6) is 0. The van der Waals surface area contributed by atoms with Gasteiger partial charge in [-0.25, -0.2) is 0 Å². The van der Waals surface area contributed by atoms with Crippen molar-refractivity contribution in [3.63, 3.8) is 0 Å². The molecule has 146 valence electrons. The Bertz CT molecular complexity index is 1150. The number of nitrogens with zero attached hydrogens (tertiary/aromatic N) is 2. The van der Waals surface area contributed by atoms with Crippen molar-refractivity contribution in [2.45, 2.75) is 52.6 Å². The molecule has 2 aromatic heterocycles. The quantitative estimate of drug-likeness (QED) is 0.285. The third kappa shape index (κ3) is 3.79. The van der Waals surface area contributed by atoms with Crippen LogP contribution in [-0.4, -0.2) is 36.6 Å². The topological polar surface area (TPSA) is 44.0 Å². The summed E-state index contributed by atoms with van der Waals surface area (Å²) in [6.45, 7) is 5.75. The van der Waals surface area contributed by atoms with Gasteiger partial charge in [-0.3, -0.25) is 0 Å². The zero-order chi connectivity index (χ0) is 19.7. The summed E-state index contributed by atoms with van der Waals surface area (Å²) in [4.78, 5) is 25.2. The Labute approximate surface area is 176 Å². The van der Waals surface area contributed by atoms with E-state index >= 15 is 0 Å². The summed E-state index contributed by atoms with van der Waals surface area (Å²) in [5, 5.41) is 1.87. The molecule has 0 N–H and O–H groups in total. The van der Waals surface area contributed by atoms with E-state index in [0.717, 1.165) is 60.7 Å². The number of unbranched alkanes of at least 4 members (excludes halogenated alkanes) is 3. The monoisotopic (exact) mass is 508 g/mol. The van der Waals surface area contributed by atoms with Gasteiger partial charge < -0.3 is 0 Å². The Balaban J connectivity index is 1.30. The summed E-state index contributed by atoms with van der Waals surface area (Å²) in [7, 11) is 0. The zero-order valence-corrected chi connectivity index (χ0v) is 19.7. The molecule has 4 nitrogen and oxygen atoms in total. The fourth-order valence-electron chi connectivity index (χ4n) is 3.71. The van der Waals surface area contributed by atoms with Gasteiger partial charge in [0, 0.05) is 0 Å². The van der Waals surface area contributed by atoms with Crippen molar-refractivity contribution < 1.29 is 0 Å². The van der Waals surface area contributed by atoms with Crippen molar-refractivity contribution in [2.24, 2.45) is 0 Å². The molecule has 0 amide bonds. The van der Waals surface area contributed by atoms with Gasteiger partial charge in [0.2, 0.25) is 0 Å². The summed E-state index contributed by atoms with van der Waals surface area (Å²) >= 11 is 0.263. The van der Waals surface area contributed by atoms with Gasteiger partial charge >= 0.3 is 177 Å². The summed E-state index contributed by atoms with van der Waals surface area (Å²) < 4.78 is 6.53. The molecule has 2 heterocycles. The van der Waals surface area contributed by atoms with Crippen LogP contribution in [-0.2, 0) is 13.1 Å². The van der Waals surface area contributed by atoms with Gasteiger partial charge in [0.05, 0.1) is 0 Å². The van der Waals surface area contributed by atoms with Gasteiger partial charge in [-0.1, -0.05) is 0 Å². The molecule has 4 rings (SSSR count). The van der Waals surface area contributed by atoms with Crippen LogP contribution in [0, 0.1) is 13.8 Å². The number of hydrogen-bond donors (Lipinski definition) is 0. The van der Waals surface area contributed by atoms with Crippen LogP contribution in [0.2, 0.25) is 0 Å². The van der Waals surface area contributed by atoms with Crippen LogP contribution in [0.25, 0.3) is 19.3 Å². The molecule has 0 saturated carbocycles. The molecule has 4 aromatic rings. The molecule has 0 bridgehead atoms. The van der Waals surface area contributed by atoms with Crippen LogP contribution in [0.4, 0.5) is 0 Å². The second kappa shape index (κ2) is 8.42. The first-order valence-corrected chi connectivity index (χ1v) is 13.0. The number of rotatable bonds is 7. The van der Waals surface area contributed by atoms with Gasteiger partial charge in [0.1, 0.15) is 0 Å². The van der Waals surface area contributed by atoms with E-state index in [1.54, 1.807) is 0 Å². The van der Waals surface area contributed by atoms with E-state index < -0.39 is 0 Å². The Morgan fingerprint density at radius 2 is 1.11 bits per heavy atom. The molecule has 0 atom stereocenters. The second-order valence-corrected chi connectivity index (χ2v) is 11.8. The molecular weight excluding hydrogens is 482 g/mol. The first-order valence-electron chi connectivity index (χ1n) is 9.75. The molecule has 0 radical (unpaired) electrons. The van der Waals surface area contributed by atoms with Gasteiger partial charge in [0.25, 0.3) is 0 Å². The standard InChI is InChI=1S/C22H24N2O2Se2/c1-15-9-7-11-17-19(15)21(25)23(27-17)13-5-3-4-6-14-24-22(26)20-16(2)10-8-12-18(20)28-24/h7-12H,3-6,13-14H2,1-2H3. The third-order valence-corrected chi connectivity index (χ3v) is 9.88. The second-order valence-electron chi connectivity index (χ2n) is 7.31. The van der Waals surface area contributed by atoms with Crippen molar-refractivity contribution in [3.05, 3.63) is 68.2 Å². The van der Waals surface area contributed by atoms with Crippen LogP contribution in [0.5, 0.6) is 0 Å². The molecule has 0 saturated heterocycles. The zero-order valence-electron chi connectivity index (χ0n) is 16.2. The predicted molar refractivity (Wildman–Crippen MR) is 118 cm³/mol. The van der Waals surface area contributed by atoms with E-state index in [-0.39, 0.29) is 40.6 Å². The summed E-state index contributed by atoms with van der Waals surface area (Å²) in [6, 6.07) is 12.3. The van der Waals surface area contributed by atoms with Gasteiger partial charge in [-0.2, -0.15) is 0 Å². The molecule has 0 aliphatic rings. The van der Waals surface area contributed by atoms with E-state index in [1.165, 1.54) is 8.52 Å². The Morgan fingerprint density at radius 1 is 0.679 bits per heavy atom. The molecule has 28 heavy (non-hydrogen) atoms.